The number of ether oxygens (including phenoxy) is 1. The van der Waals surface area contributed by atoms with Crippen molar-refractivity contribution in [1.82, 2.24) is 4.90 Å². The minimum Gasteiger partial charge on any atom is -0.351 e. The Morgan fingerprint density at radius 2 is 1.88 bits per heavy atom. The molecular formula is C14H19NO2. The number of epoxide rings is 1. The molecule has 1 aromatic rings. The van der Waals surface area contributed by atoms with Crippen LogP contribution in [0.15, 0.2) is 30.3 Å². The van der Waals surface area contributed by atoms with Crippen molar-refractivity contribution in [2.75, 3.05) is 13.1 Å². The number of benzene rings is 1. The fourth-order valence-electron chi connectivity index (χ4n) is 2.21. The first-order valence-corrected chi connectivity index (χ1v) is 6.15. The largest absolute Gasteiger partial charge is 0.351 e. The Hall–Kier alpha value is -1.35. The normalized spacial score (nSPS) is 26.6. The van der Waals surface area contributed by atoms with E-state index in [1.807, 2.05) is 56.0 Å². The first-order valence-electron chi connectivity index (χ1n) is 6.15. The van der Waals surface area contributed by atoms with Crippen molar-refractivity contribution in [1.29, 1.82) is 0 Å². The summed E-state index contributed by atoms with van der Waals surface area (Å²) in [5.74, 6) is 0.0938. The average Bonchev–Trinajstić information content (AvgIpc) is 3.06. The first-order chi connectivity index (χ1) is 8.13. The van der Waals surface area contributed by atoms with E-state index in [4.69, 9.17) is 4.74 Å². The molecule has 1 aliphatic rings. The molecule has 0 saturated carbocycles. The lowest BCUT2D eigenvalue weighted by Gasteiger charge is -2.21. The summed E-state index contributed by atoms with van der Waals surface area (Å²) in [5.41, 5.74) is 0.420. The number of hydrogen-bond donors (Lipinski definition) is 0. The number of amides is 1. The first kappa shape index (κ1) is 12.1. The Morgan fingerprint density at radius 1 is 1.29 bits per heavy atom. The quantitative estimate of drug-likeness (QED) is 0.748. The van der Waals surface area contributed by atoms with Crippen LogP contribution < -0.4 is 0 Å². The van der Waals surface area contributed by atoms with Gasteiger partial charge in [0.05, 0.1) is 0 Å². The van der Waals surface area contributed by atoms with Crippen LogP contribution in [0, 0.1) is 0 Å². The Balaban J connectivity index is 2.12. The summed E-state index contributed by atoms with van der Waals surface area (Å²) < 4.78 is 5.65. The molecule has 0 radical (unpaired) electrons. The number of likely N-dealkylation sites (N-methyl/N-ethyl adjacent to an activating group) is 1. The van der Waals surface area contributed by atoms with E-state index in [1.165, 1.54) is 0 Å². The maximum absolute atomic E-state index is 12.3. The Morgan fingerprint density at radius 3 is 2.41 bits per heavy atom. The van der Waals surface area contributed by atoms with E-state index in [1.54, 1.807) is 0 Å². The Bertz CT molecular complexity index is 400. The maximum Gasteiger partial charge on any atom is 0.257 e. The molecule has 2 rings (SSSR count). The van der Waals surface area contributed by atoms with Gasteiger partial charge in [-0.2, -0.15) is 0 Å². The van der Waals surface area contributed by atoms with Crippen LogP contribution in [0.4, 0.5) is 0 Å². The molecule has 3 heteroatoms. The zero-order valence-electron chi connectivity index (χ0n) is 10.6. The second-order valence-electron chi connectivity index (χ2n) is 4.49. The van der Waals surface area contributed by atoms with Gasteiger partial charge in [0, 0.05) is 13.1 Å². The van der Waals surface area contributed by atoms with E-state index < -0.39 is 5.60 Å². The summed E-state index contributed by atoms with van der Waals surface area (Å²) in [7, 11) is 0. The summed E-state index contributed by atoms with van der Waals surface area (Å²) in [6.07, 6.45) is -0.0863. The zero-order valence-corrected chi connectivity index (χ0v) is 10.6. The van der Waals surface area contributed by atoms with Crippen molar-refractivity contribution in [3.05, 3.63) is 35.9 Å². The van der Waals surface area contributed by atoms with E-state index in [0.717, 1.165) is 18.7 Å². The van der Waals surface area contributed by atoms with E-state index in [-0.39, 0.29) is 12.0 Å². The molecule has 0 N–H and O–H groups in total. The van der Waals surface area contributed by atoms with Crippen LogP contribution in [0.25, 0.3) is 0 Å². The van der Waals surface area contributed by atoms with Gasteiger partial charge in [0.25, 0.3) is 5.91 Å². The van der Waals surface area contributed by atoms with E-state index >= 15 is 0 Å². The van der Waals surface area contributed by atoms with Gasteiger partial charge in [0.15, 0.2) is 5.60 Å². The van der Waals surface area contributed by atoms with Crippen molar-refractivity contribution in [3.8, 4) is 0 Å². The fourth-order valence-corrected chi connectivity index (χ4v) is 2.21. The molecule has 1 fully saturated rings. The van der Waals surface area contributed by atoms with Gasteiger partial charge in [-0.3, -0.25) is 4.79 Å². The lowest BCUT2D eigenvalue weighted by molar-refractivity contribution is -0.135. The number of hydrogen-bond acceptors (Lipinski definition) is 2. The monoisotopic (exact) mass is 233 g/mol. The molecule has 0 bridgehead atoms. The van der Waals surface area contributed by atoms with Crippen LogP contribution in [-0.4, -0.2) is 29.5 Å². The molecule has 1 aliphatic heterocycles. The number of nitrogens with zero attached hydrogens (tertiary/aromatic N) is 1. The van der Waals surface area contributed by atoms with Crippen molar-refractivity contribution in [2.45, 2.75) is 32.5 Å². The summed E-state index contributed by atoms with van der Waals surface area (Å²) in [5, 5.41) is 0. The highest BCUT2D eigenvalue weighted by molar-refractivity contribution is 5.88. The molecule has 17 heavy (non-hydrogen) atoms. The third kappa shape index (κ3) is 2.07. The second-order valence-corrected chi connectivity index (χ2v) is 4.49. The summed E-state index contributed by atoms with van der Waals surface area (Å²) >= 11 is 0. The predicted octanol–water partition coefficient (Wildman–Crippen LogP) is 2.39. The molecule has 2 atom stereocenters. The topological polar surface area (TPSA) is 32.8 Å². The average molecular weight is 233 g/mol. The van der Waals surface area contributed by atoms with Crippen molar-refractivity contribution >= 4 is 5.91 Å². The second kappa shape index (κ2) is 4.49. The number of carbonyl (C=O) groups excluding carboxylic acids is 1. The van der Waals surface area contributed by atoms with E-state index in [2.05, 4.69) is 0 Å². The molecule has 1 heterocycles. The van der Waals surface area contributed by atoms with Crippen molar-refractivity contribution < 1.29 is 9.53 Å². The van der Waals surface area contributed by atoms with E-state index in [9.17, 15) is 4.79 Å². The van der Waals surface area contributed by atoms with Crippen LogP contribution in [0.5, 0.6) is 0 Å². The van der Waals surface area contributed by atoms with Crippen LogP contribution in [-0.2, 0) is 9.53 Å². The minimum absolute atomic E-state index is 0.0863. The summed E-state index contributed by atoms with van der Waals surface area (Å²) in [6.45, 7) is 7.33. The SMILES string of the molecule is CCN(CC)C(=O)[C@@]1(C)O[C@H]1c1ccccc1. The number of carbonyl (C=O) groups is 1. The highest BCUT2D eigenvalue weighted by Crippen LogP contribution is 2.50. The van der Waals surface area contributed by atoms with E-state index in [0.29, 0.717) is 0 Å². The minimum atomic E-state index is -0.659. The van der Waals surface area contributed by atoms with Gasteiger partial charge in [-0.25, -0.2) is 0 Å². The van der Waals surface area contributed by atoms with Crippen LogP contribution >= 0.6 is 0 Å². The van der Waals surface area contributed by atoms with Crippen molar-refractivity contribution in [3.63, 3.8) is 0 Å². The zero-order chi connectivity index (χ0) is 12.5. The Labute approximate surface area is 102 Å². The molecule has 1 amide bonds. The van der Waals surface area contributed by atoms with Gasteiger partial charge < -0.3 is 9.64 Å². The molecular weight excluding hydrogens is 214 g/mol. The lowest BCUT2D eigenvalue weighted by atomic mass is 10.00. The van der Waals surface area contributed by atoms with Crippen LogP contribution in [0.2, 0.25) is 0 Å². The molecule has 1 aromatic carbocycles. The molecule has 1 saturated heterocycles. The molecule has 3 nitrogen and oxygen atoms in total. The van der Waals surface area contributed by atoms with Gasteiger partial charge in [-0.15, -0.1) is 0 Å². The van der Waals surface area contributed by atoms with Crippen molar-refractivity contribution in [2.24, 2.45) is 0 Å². The van der Waals surface area contributed by atoms with Gasteiger partial charge in [0.2, 0.25) is 0 Å². The molecule has 92 valence electrons. The smallest absolute Gasteiger partial charge is 0.257 e. The lowest BCUT2D eigenvalue weighted by Crippen LogP contribution is -2.40. The highest BCUT2D eigenvalue weighted by atomic mass is 16.6. The standard InChI is InChI=1S/C14H19NO2/c1-4-15(5-2)13(16)14(3)12(17-14)11-9-7-6-8-10-11/h6-10,12H,4-5H2,1-3H3/t12-,14-/m0/s1. The Kier molecular flexibility index (Phi) is 3.20. The molecule has 0 aromatic heterocycles. The third-order valence-corrected chi connectivity index (χ3v) is 3.38. The fraction of sp³-hybridized carbons (Fsp3) is 0.500. The van der Waals surface area contributed by atoms with Gasteiger partial charge in [-0.1, -0.05) is 30.3 Å². The van der Waals surface area contributed by atoms with Crippen LogP contribution in [0.1, 0.15) is 32.4 Å². The summed E-state index contributed by atoms with van der Waals surface area (Å²) in [4.78, 5) is 14.1. The molecule has 0 spiro atoms. The highest BCUT2D eigenvalue weighted by Gasteiger charge is 2.60. The molecule has 0 unspecified atom stereocenters. The predicted molar refractivity (Wildman–Crippen MR) is 66.6 cm³/mol. The van der Waals surface area contributed by atoms with Gasteiger partial charge in [-0.05, 0) is 26.3 Å². The third-order valence-electron chi connectivity index (χ3n) is 3.38. The van der Waals surface area contributed by atoms with Crippen LogP contribution in [0.3, 0.4) is 0 Å². The van der Waals surface area contributed by atoms with Gasteiger partial charge in [0.1, 0.15) is 6.10 Å². The van der Waals surface area contributed by atoms with Gasteiger partial charge >= 0.3 is 0 Å². The number of rotatable bonds is 4. The molecule has 0 aliphatic carbocycles. The summed E-state index contributed by atoms with van der Waals surface area (Å²) in [6, 6.07) is 9.92. The maximum atomic E-state index is 12.3.